The minimum Gasteiger partial charge on any atom is -0.460 e. The van der Waals surface area contributed by atoms with E-state index in [4.69, 9.17) is 9.15 Å². The van der Waals surface area contributed by atoms with Gasteiger partial charge < -0.3 is 9.15 Å². The van der Waals surface area contributed by atoms with E-state index in [1.807, 2.05) is 36.4 Å². The summed E-state index contributed by atoms with van der Waals surface area (Å²) in [6.45, 7) is 1.72. The molecular weight excluding hydrogens is 384 g/mol. The molecule has 1 aromatic heterocycles. The fraction of sp³-hybridized carbons (Fsp3) is 0.0435. The Bertz CT molecular complexity index is 1380. The second kappa shape index (κ2) is 7.53. The predicted molar refractivity (Wildman–Crippen MR) is 111 cm³/mol. The molecule has 0 bridgehead atoms. The van der Waals surface area contributed by atoms with Crippen LogP contribution < -0.4 is 10.2 Å². The van der Waals surface area contributed by atoms with Crippen LogP contribution in [0.15, 0.2) is 75.9 Å². The lowest BCUT2D eigenvalue weighted by Crippen LogP contribution is -2.07. The Kier molecular flexibility index (Phi) is 4.74. The number of benzene rings is 3. The minimum atomic E-state index is -0.581. The van der Waals surface area contributed by atoms with Crippen LogP contribution in [0.25, 0.3) is 22.1 Å². The van der Waals surface area contributed by atoms with E-state index in [0.29, 0.717) is 28.0 Å². The lowest BCUT2D eigenvalue weighted by Gasteiger charge is -2.10. The van der Waals surface area contributed by atoms with E-state index in [9.17, 15) is 20.2 Å². The van der Waals surface area contributed by atoms with Crippen LogP contribution >= 0.6 is 0 Å². The Hall–Kier alpha value is -4.44. The number of nitro benzene ring substituents is 1. The molecule has 30 heavy (non-hydrogen) atoms. The zero-order chi connectivity index (χ0) is 21.3. The van der Waals surface area contributed by atoms with Crippen molar-refractivity contribution in [2.24, 2.45) is 0 Å². The van der Waals surface area contributed by atoms with Gasteiger partial charge in [0.2, 0.25) is 5.43 Å². The smallest absolute Gasteiger partial charge is 0.271 e. The summed E-state index contributed by atoms with van der Waals surface area (Å²) in [6.07, 6.45) is 0. The maximum Gasteiger partial charge on any atom is 0.271 e. The molecule has 0 saturated heterocycles. The van der Waals surface area contributed by atoms with E-state index >= 15 is 0 Å². The Morgan fingerprint density at radius 3 is 2.53 bits per heavy atom. The maximum absolute atomic E-state index is 13.0. The molecular formula is C23H14N2O5. The van der Waals surface area contributed by atoms with Gasteiger partial charge in [-0.05, 0) is 30.7 Å². The number of fused-ring (bicyclic) bond motifs is 1. The van der Waals surface area contributed by atoms with Crippen molar-refractivity contribution in [2.45, 2.75) is 6.92 Å². The van der Waals surface area contributed by atoms with Crippen molar-refractivity contribution in [3.8, 4) is 28.7 Å². The molecule has 4 aromatic rings. The summed E-state index contributed by atoms with van der Waals surface area (Å²) in [4.78, 5) is 23.3. The maximum atomic E-state index is 13.0. The number of non-ortho nitro benzene ring substituents is 1. The van der Waals surface area contributed by atoms with Gasteiger partial charge in [0.15, 0.2) is 0 Å². The van der Waals surface area contributed by atoms with Crippen molar-refractivity contribution >= 4 is 16.7 Å². The molecule has 0 saturated carbocycles. The Morgan fingerprint density at radius 2 is 1.83 bits per heavy atom. The third-order valence-corrected chi connectivity index (χ3v) is 4.62. The summed E-state index contributed by atoms with van der Waals surface area (Å²) in [6, 6.07) is 19.7. The molecule has 0 atom stereocenters. The van der Waals surface area contributed by atoms with Crippen LogP contribution in [-0.4, -0.2) is 4.92 Å². The molecule has 3 aromatic carbocycles. The third kappa shape index (κ3) is 3.38. The first-order valence-corrected chi connectivity index (χ1v) is 8.97. The summed E-state index contributed by atoms with van der Waals surface area (Å²) in [5.74, 6) is 0.981. The lowest BCUT2D eigenvalue weighted by molar-refractivity contribution is -0.384. The van der Waals surface area contributed by atoms with Crippen LogP contribution in [-0.2, 0) is 0 Å². The predicted octanol–water partition coefficient (Wildman–Crippen LogP) is 5.34. The number of nitrogens with zero attached hydrogens (tertiary/aromatic N) is 2. The number of aryl methyl sites for hydroxylation is 1. The van der Waals surface area contributed by atoms with Gasteiger partial charge >= 0.3 is 0 Å². The zero-order valence-electron chi connectivity index (χ0n) is 15.8. The van der Waals surface area contributed by atoms with E-state index in [1.165, 1.54) is 12.1 Å². The first-order chi connectivity index (χ1) is 14.5. The highest BCUT2D eigenvalue weighted by atomic mass is 16.6. The Balaban J connectivity index is 1.76. The van der Waals surface area contributed by atoms with Gasteiger partial charge in [-0.25, -0.2) is 0 Å². The summed E-state index contributed by atoms with van der Waals surface area (Å²) in [5, 5.41) is 20.6. The quantitative estimate of drug-likeness (QED) is 0.339. The number of hydrogen-bond donors (Lipinski definition) is 0. The van der Waals surface area contributed by atoms with Crippen molar-refractivity contribution in [2.75, 3.05) is 0 Å². The van der Waals surface area contributed by atoms with Gasteiger partial charge in [0.25, 0.3) is 5.69 Å². The van der Waals surface area contributed by atoms with Gasteiger partial charge in [-0.2, -0.15) is 5.26 Å². The average molecular weight is 398 g/mol. The molecule has 1 heterocycles. The molecule has 146 valence electrons. The number of nitro groups is 1. The summed E-state index contributed by atoms with van der Waals surface area (Å²) >= 11 is 0. The molecule has 0 radical (unpaired) electrons. The molecule has 0 spiro atoms. The highest BCUT2D eigenvalue weighted by molar-refractivity contribution is 5.83. The van der Waals surface area contributed by atoms with E-state index in [1.54, 1.807) is 25.1 Å². The van der Waals surface area contributed by atoms with E-state index in [-0.39, 0.29) is 22.4 Å². The number of nitriles is 1. The Morgan fingerprint density at radius 1 is 1.07 bits per heavy atom. The second-order valence-electron chi connectivity index (χ2n) is 6.54. The molecule has 0 amide bonds. The fourth-order valence-corrected chi connectivity index (χ4v) is 3.22. The average Bonchev–Trinajstić information content (AvgIpc) is 2.74. The van der Waals surface area contributed by atoms with Crippen molar-refractivity contribution in [1.82, 2.24) is 0 Å². The van der Waals surface area contributed by atoms with Crippen molar-refractivity contribution in [3.63, 3.8) is 0 Å². The second-order valence-corrected chi connectivity index (χ2v) is 6.54. The number of hydrogen-bond acceptors (Lipinski definition) is 6. The molecule has 0 fully saturated rings. The zero-order valence-corrected chi connectivity index (χ0v) is 15.8. The lowest BCUT2D eigenvalue weighted by atomic mass is 10.0. The van der Waals surface area contributed by atoms with Crippen molar-refractivity contribution < 1.29 is 14.1 Å². The number of rotatable bonds is 4. The minimum absolute atomic E-state index is 0.0290. The third-order valence-electron chi connectivity index (χ3n) is 4.62. The Labute approximate surface area is 170 Å². The largest absolute Gasteiger partial charge is 0.460 e. The van der Waals surface area contributed by atoms with Gasteiger partial charge in [-0.1, -0.05) is 30.3 Å². The summed E-state index contributed by atoms with van der Waals surface area (Å²) < 4.78 is 11.6. The van der Waals surface area contributed by atoms with Crippen LogP contribution in [0.4, 0.5) is 5.69 Å². The normalized spacial score (nSPS) is 10.5. The van der Waals surface area contributed by atoms with Gasteiger partial charge in [0.05, 0.1) is 15.9 Å². The first-order valence-electron chi connectivity index (χ1n) is 8.97. The van der Waals surface area contributed by atoms with Crippen LogP contribution in [0.5, 0.6) is 11.5 Å². The molecule has 7 nitrogen and oxygen atoms in total. The fourth-order valence-electron chi connectivity index (χ4n) is 3.22. The monoisotopic (exact) mass is 398 g/mol. The summed E-state index contributed by atoms with van der Waals surface area (Å²) in [7, 11) is 0. The van der Waals surface area contributed by atoms with E-state index in [0.717, 1.165) is 11.6 Å². The van der Waals surface area contributed by atoms with E-state index in [2.05, 4.69) is 0 Å². The molecule has 0 unspecified atom stereocenters. The molecule has 0 aliphatic carbocycles. The standard InChI is InChI=1S/C23H14N2O5/c1-14-22(15-5-3-2-4-6-15)23(26)19-9-8-18(12-21(19)29-14)30-20-10-7-17(25(27)28)11-16(20)13-24/h2-12H,1H3. The molecule has 7 heteroatoms. The SMILES string of the molecule is Cc1oc2cc(Oc3ccc([N+](=O)[O-])cc3C#N)ccc2c(=O)c1-c1ccccc1. The van der Waals surface area contributed by atoms with Crippen molar-refractivity contribution in [1.29, 1.82) is 5.26 Å². The molecule has 4 rings (SSSR count). The van der Waals surface area contributed by atoms with E-state index < -0.39 is 4.92 Å². The van der Waals surface area contributed by atoms with Gasteiger partial charge in [-0.3, -0.25) is 14.9 Å². The van der Waals surface area contributed by atoms with Gasteiger partial charge in [0.1, 0.15) is 34.5 Å². The first kappa shape index (κ1) is 18.9. The van der Waals surface area contributed by atoms with Crippen LogP contribution in [0, 0.1) is 28.4 Å². The van der Waals surface area contributed by atoms with Crippen LogP contribution in [0.1, 0.15) is 11.3 Å². The molecule has 0 N–H and O–H groups in total. The van der Waals surface area contributed by atoms with Crippen LogP contribution in [0.3, 0.4) is 0 Å². The van der Waals surface area contributed by atoms with Crippen LogP contribution in [0.2, 0.25) is 0 Å². The van der Waals surface area contributed by atoms with Gasteiger partial charge in [-0.15, -0.1) is 0 Å². The summed E-state index contributed by atoms with van der Waals surface area (Å²) in [5.41, 5.74) is 1.29. The number of ether oxygens (including phenoxy) is 1. The van der Waals surface area contributed by atoms with Gasteiger partial charge in [0, 0.05) is 18.2 Å². The highest BCUT2D eigenvalue weighted by Crippen LogP contribution is 2.31. The highest BCUT2D eigenvalue weighted by Gasteiger charge is 2.16. The molecule has 0 aliphatic rings. The van der Waals surface area contributed by atoms with Crippen molar-refractivity contribution in [3.05, 3.63) is 98.4 Å². The molecule has 0 aliphatic heterocycles. The topological polar surface area (TPSA) is 106 Å².